The third kappa shape index (κ3) is 3.61. The first-order chi connectivity index (χ1) is 11.5. The Hall–Kier alpha value is -2.29. The van der Waals surface area contributed by atoms with Gasteiger partial charge in [-0.05, 0) is 59.3 Å². The van der Waals surface area contributed by atoms with Gasteiger partial charge in [0.15, 0.2) is 0 Å². The topological polar surface area (TPSA) is 76.9 Å². The lowest BCUT2D eigenvalue weighted by Crippen LogP contribution is -2.26. The summed E-state index contributed by atoms with van der Waals surface area (Å²) >= 11 is 2.22. The minimum absolute atomic E-state index is 0.150. The minimum Gasteiger partial charge on any atom is -0.326 e. The molecule has 0 spiro atoms. The standard InChI is InChI=1S/C17H15IN4O2/c1-11-6-7-12(10-14(11)18)19-16(23)8-9-22-17(24)13-4-2-3-5-15(13)20-21-22/h2-7,10H,8-9H2,1H3,(H,19,23). The Kier molecular flexibility index (Phi) is 4.89. The van der Waals surface area contributed by atoms with Gasteiger partial charge in [0.2, 0.25) is 5.91 Å². The number of hydrogen-bond donors (Lipinski definition) is 1. The Morgan fingerprint density at radius 2 is 2.04 bits per heavy atom. The van der Waals surface area contributed by atoms with E-state index in [0.29, 0.717) is 10.9 Å². The van der Waals surface area contributed by atoms with Gasteiger partial charge in [-0.1, -0.05) is 23.4 Å². The highest BCUT2D eigenvalue weighted by Gasteiger charge is 2.08. The summed E-state index contributed by atoms with van der Waals surface area (Å²) in [5, 5.41) is 11.2. The highest BCUT2D eigenvalue weighted by molar-refractivity contribution is 14.1. The number of fused-ring (bicyclic) bond motifs is 1. The maximum Gasteiger partial charge on any atom is 0.277 e. The van der Waals surface area contributed by atoms with E-state index in [4.69, 9.17) is 0 Å². The molecule has 1 amide bonds. The number of carbonyl (C=O) groups excluding carboxylic acids is 1. The molecule has 1 heterocycles. The zero-order valence-electron chi connectivity index (χ0n) is 13.0. The smallest absolute Gasteiger partial charge is 0.277 e. The fourth-order valence-corrected chi connectivity index (χ4v) is 2.79. The first kappa shape index (κ1) is 16.6. The van der Waals surface area contributed by atoms with E-state index in [1.165, 1.54) is 4.68 Å². The number of nitrogens with one attached hydrogen (secondary N) is 1. The van der Waals surface area contributed by atoms with Gasteiger partial charge in [-0.15, -0.1) is 5.10 Å². The molecule has 0 aliphatic rings. The van der Waals surface area contributed by atoms with E-state index in [9.17, 15) is 9.59 Å². The van der Waals surface area contributed by atoms with Crippen LogP contribution >= 0.6 is 22.6 Å². The second-order valence-electron chi connectivity index (χ2n) is 5.40. The van der Waals surface area contributed by atoms with E-state index in [0.717, 1.165) is 14.8 Å². The van der Waals surface area contributed by atoms with E-state index >= 15 is 0 Å². The van der Waals surface area contributed by atoms with Crippen LogP contribution < -0.4 is 10.9 Å². The van der Waals surface area contributed by atoms with Gasteiger partial charge in [-0.3, -0.25) is 9.59 Å². The molecular formula is C17H15IN4O2. The molecule has 122 valence electrons. The van der Waals surface area contributed by atoms with E-state index in [-0.39, 0.29) is 24.4 Å². The number of anilines is 1. The maximum atomic E-state index is 12.3. The van der Waals surface area contributed by atoms with Gasteiger partial charge in [0.1, 0.15) is 5.52 Å². The van der Waals surface area contributed by atoms with Crippen LogP contribution in [-0.2, 0) is 11.3 Å². The van der Waals surface area contributed by atoms with Crippen molar-refractivity contribution < 1.29 is 4.79 Å². The number of aromatic nitrogens is 3. The number of hydrogen-bond acceptors (Lipinski definition) is 4. The van der Waals surface area contributed by atoms with E-state index in [1.807, 2.05) is 25.1 Å². The zero-order valence-corrected chi connectivity index (χ0v) is 15.1. The highest BCUT2D eigenvalue weighted by Crippen LogP contribution is 2.17. The van der Waals surface area contributed by atoms with Gasteiger partial charge < -0.3 is 5.32 Å². The molecule has 0 aliphatic carbocycles. The summed E-state index contributed by atoms with van der Waals surface area (Å²) in [5.41, 5.74) is 2.22. The third-order valence-electron chi connectivity index (χ3n) is 3.64. The average molecular weight is 434 g/mol. The first-order valence-electron chi connectivity index (χ1n) is 7.43. The Balaban J connectivity index is 1.69. The van der Waals surface area contributed by atoms with E-state index in [1.54, 1.807) is 24.3 Å². The number of rotatable bonds is 4. The highest BCUT2D eigenvalue weighted by atomic mass is 127. The summed E-state index contributed by atoms with van der Waals surface area (Å²) in [4.78, 5) is 24.4. The number of aryl methyl sites for hydroxylation is 2. The monoisotopic (exact) mass is 434 g/mol. The van der Waals surface area contributed by atoms with Crippen molar-refractivity contribution in [2.75, 3.05) is 5.32 Å². The quantitative estimate of drug-likeness (QED) is 0.641. The molecule has 0 bridgehead atoms. The number of nitrogens with zero attached hydrogens (tertiary/aromatic N) is 3. The van der Waals surface area contributed by atoms with Gasteiger partial charge in [0, 0.05) is 15.7 Å². The van der Waals surface area contributed by atoms with Gasteiger partial charge in [0.05, 0.1) is 11.9 Å². The lowest BCUT2D eigenvalue weighted by Gasteiger charge is -2.08. The van der Waals surface area contributed by atoms with Crippen molar-refractivity contribution in [3.8, 4) is 0 Å². The third-order valence-corrected chi connectivity index (χ3v) is 4.80. The number of halogens is 1. The van der Waals surface area contributed by atoms with Crippen LogP contribution in [0.2, 0.25) is 0 Å². The molecule has 0 saturated carbocycles. The Morgan fingerprint density at radius 1 is 1.25 bits per heavy atom. The van der Waals surface area contributed by atoms with Crippen molar-refractivity contribution in [3.05, 3.63) is 62.0 Å². The van der Waals surface area contributed by atoms with Crippen LogP contribution in [-0.4, -0.2) is 20.9 Å². The first-order valence-corrected chi connectivity index (χ1v) is 8.51. The number of amides is 1. The predicted octanol–water partition coefficient (Wildman–Crippen LogP) is 2.73. The summed E-state index contributed by atoms with van der Waals surface area (Å²) < 4.78 is 2.31. The summed E-state index contributed by atoms with van der Waals surface area (Å²) in [5.74, 6) is -0.170. The molecule has 0 radical (unpaired) electrons. The Labute approximate surface area is 152 Å². The molecule has 0 aliphatic heterocycles. The molecule has 1 aromatic heterocycles. The molecule has 2 aromatic carbocycles. The Morgan fingerprint density at radius 3 is 2.83 bits per heavy atom. The van der Waals surface area contributed by atoms with Gasteiger partial charge >= 0.3 is 0 Å². The second kappa shape index (κ2) is 7.08. The minimum atomic E-state index is -0.238. The van der Waals surface area contributed by atoms with Crippen molar-refractivity contribution in [2.45, 2.75) is 19.9 Å². The van der Waals surface area contributed by atoms with Crippen LogP contribution in [0.5, 0.6) is 0 Å². The molecular weight excluding hydrogens is 419 g/mol. The van der Waals surface area contributed by atoms with Crippen LogP contribution in [0.15, 0.2) is 47.3 Å². The molecule has 3 aromatic rings. The van der Waals surface area contributed by atoms with E-state index in [2.05, 4.69) is 38.2 Å². The molecule has 6 nitrogen and oxygen atoms in total. The van der Waals surface area contributed by atoms with Crippen LogP contribution in [0.3, 0.4) is 0 Å². The van der Waals surface area contributed by atoms with Crippen LogP contribution in [0.1, 0.15) is 12.0 Å². The number of benzene rings is 2. The van der Waals surface area contributed by atoms with Crippen LogP contribution in [0, 0.1) is 10.5 Å². The molecule has 0 fully saturated rings. The zero-order chi connectivity index (χ0) is 17.1. The van der Waals surface area contributed by atoms with Crippen molar-refractivity contribution in [2.24, 2.45) is 0 Å². The van der Waals surface area contributed by atoms with Gasteiger partial charge in [0.25, 0.3) is 5.56 Å². The van der Waals surface area contributed by atoms with Crippen molar-refractivity contribution in [1.29, 1.82) is 0 Å². The lowest BCUT2D eigenvalue weighted by atomic mass is 10.2. The molecule has 7 heteroatoms. The summed E-state index contributed by atoms with van der Waals surface area (Å²) in [6.07, 6.45) is 0.150. The van der Waals surface area contributed by atoms with Crippen LogP contribution in [0.25, 0.3) is 10.9 Å². The summed E-state index contributed by atoms with van der Waals surface area (Å²) in [7, 11) is 0. The van der Waals surface area contributed by atoms with E-state index < -0.39 is 0 Å². The normalized spacial score (nSPS) is 10.8. The summed E-state index contributed by atoms with van der Waals surface area (Å²) in [6.45, 7) is 2.20. The van der Waals surface area contributed by atoms with Crippen molar-refractivity contribution in [1.82, 2.24) is 15.0 Å². The van der Waals surface area contributed by atoms with Crippen LogP contribution in [0.4, 0.5) is 5.69 Å². The number of carbonyl (C=O) groups is 1. The Bertz CT molecular complexity index is 968. The fraction of sp³-hybridized carbons (Fsp3) is 0.176. The molecule has 0 unspecified atom stereocenters. The van der Waals surface area contributed by atoms with Gasteiger partial charge in [-0.25, -0.2) is 4.68 Å². The lowest BCUT2D eigenvalue weighted by molar-refractivity contribution is -0.116. The van der Waals surface area contributed by atoms with Crippen molar-refractivity contribution >= 4 is 45.1 Å². The maximum absolute atomic E-state index is 12.3. The molecule has 24 heavy (non-hydrogen) atoms. The molecule has 3 rings (SSSR count). The average Bonchev–Trinajstić information content (AvgIpc) is 2.58. The molecule has 1 N–H and O–H groups in total. The van der Waals surface area contributed by atoms with Crippen molar-refractivity contribution in [3.63, 3.8) is 0 Å². The SMILES string of the molecule is Cc1ccc(NC(=O)CCn2nnc3ccccc3c2=O)cc1I. The second-order valence-corrected chi connectivity index (χ2v) is 6.56. The summed E-state index contributed by atoms with van der Waals surface area (Å²) in [6, 6.07) is 12.7. The predicted molar refractivity (Wildman–Crippen MR) is 101 cm³/mol. The largest absolute Gasteiger partial charge is 0.326 e. The molecule has 0 atom stereocenters. The van der Waals surface area contributed by atoms with Gasteiger partial charge in [-0.2, -0.15) is 0 Å². The fourth-order valence-electron chi connectivity index (χ4n) is 2.27. The molecule has 0 saturated heterocycles.